The first kappa shape index (κ1) is 14.1. The van der Waals surface area contributed by atoms with Gasteiger partial charge in [0.1, 0.15) is 11.4 Å². The molecule has 1 heterocycles. The molecule has 0 aromatic heterocycles. The molecule has 1 aliphatic heterocycles. The Kier molecular flexibility index (Phi) is 3.49. The van der Waals surface area contributed by atoms with E-state index in [0.29, 0.717) is 25.8 Å². The van der Waals surface area contributed by atoms with Gasteiger partial charge in [-0.2, -0.15) is 13.2 Å². The van der Waals surface area contributed by atoms with Crippen LogP contribution in [-0.2, 0) is 0 Å². The van der Waals surface area contributed by atoms with Crippen molar-refractivity contribution in [3.63, 3.8) is 0 Å². The van der Waals surface area contributed by atoms with E-state index in [9.17, 15) is 18.0 Å². The molecule has 2 N–H and O–H groups in total. The number of rotatable bonds is 2. The highest BCUT2D eigenvalue weighted by atomic mass is 19.4. The molecule has 0 bridgehead atoms. The van der Waals surface area contributed by atoms with E-state index in [1.165, 1.54) is 4.90 Å². The summed E-state index contributed by atoms with van der Waals surface area (Å²) in [7, 11) is 0. The maximum absolute atomic E-state index is 12.9. The van der Waals surface area contributed by atoms with Crippen LogP contribution < -0.4 is 5.32 Å². The van der Waals surface area contributed by atoms with Gasteiger partial charge in [-0.25, -0.2) is 4.79 Å². The summed E-state index contributed by atoms with van der Waals surface area (Å²) < 4.78 is 38.8. The number of hydrogen-bond donors (Lipinski definition) is 2. The molecular weight excluding hydrogens is 259 g/mol. The van der Waals surface area contributed by atoms with Crippen LogP contribution in [0.5, 0.6) is 0 Å². The largest absolute Gasteiger partial charge is 0.391 e. The molecule has 2 aliphatic rings. The Balaban J connectivity index is 2.28. The summed E-state index contributed by atoms with van der Waals surface area (Å²) in [5.41, 5.74) is -1.06. The molecule has 0 radical (unpaired) electrons. The normalized spacial score (nSPS) is 32.0. The van der Waals surface area contributed by atoms with Gasteiger partial charge in [-0.1, -0.05) is 13.3 Å². The van der Waals surface area contributed by atoms with E-state index in [1.54, 1.807) is 0 Å². The molecule has 2 unspecified atom stereocenters. The van der Waals surface area contributed by atoms with E-state index in [0.717, 1.165) is 0 Å². The predicted molar refractivity (Wildman–Crippen MR) is 64.0 cm³/mol. The Morgan fingerprint density at radius 1 is 1.53 bits per heavy atom. The fourth-order valence-electron chi connectivity index (χ4n) is 3.16. The first-order chi connectivity index (χ1) is 8.81. The molecule has 2 amide bonds. The van der Waals surface area contributed by atoms with E-state index in [2.05, 4.69) is 5.32 Å². The zero-order valence-corrected chi connectivity index (χ0v) is 10.8. The lowest BCUT2D eigenvalue weighted by atomic mass is 9.74. The Hall–Kier alpha value is -1.27. The maximum atomic E-state index is 12.9. The van der Waals surface area contributed by atoms with Crippen LogP contribution in [0.1, 0.15) is 39.0 Å². The van der Waals surface area contributed by atoms with Crippen molar-refractivity contribution in [2.75, 3.05) is 6.54 Å². The molecule has 1 aliphatic carbocycles. The van der Waals surface area contributed by atoms with Crippen molar-refractivity contribution >= 4 is 11.9 Å². The highest BCUT2D eigenvalue weighted by Crippen LogP contribution is 2.45. The fraction of sp³-hybridized carbons (Fsp3) is 0.833. The lowest BCUT2D eigenvalue weighted by Crippen LogP contribution is -2.54. The summed E-state index contributed by atoms with van der Waals surface area (Å²) in [6, 6.07) is -0.435. The summed E-state index contributed by atoms with van der Waals surface area (Å²) in [5.74, 6) is -1.49. The fourth-order valence-corrected chi connectivity index (χ4v) is 3.16. The monoisotopic (exact) mass is 277 g/mol. The van der Waals surface area contributed by atoms with Gasteiger partial charge in [0.25, 0.3) is 0 Å². The number of alkyl halides is 3. The van der Waals surface area contributed by atoms with Crippen LogP contribution in [-0.4, -0.2) is 35.0 Å². The SMILES string of the molecule is CCCN1C(=O)NC(=N)C12CCCC(C(F)(F)F)C2. The molecule has 7 heteroatoms. The number of amidine groups is 1. The molecule has 2 fully saturated rings. The van der Waals surface area contributed by atoms with Crippen molar-refractivity contribution in [3.8, 4) is 0 Å². The summed E-state index contributed by atoms with van der Waals surface area (Å²) >= 11 is 0. The molecule has 1 spiro atoms. The molecule has 2 rings (SSSR count). The van der Waals surface area contributed by atoms with Gasteiger partial charge in [-0.15, -0.1) is 0 Å². The lowest BCUT2D eigenvalue weighted by Gasteiger charge is -2.43. The topological polar surface area (TPSA) is 56.2 Å². The number of urea groups is 1. The third-order valence-electron chi connectivity index (χ3n) is 4.10. The number of carbonyl (C=O) groups is 1. The second-order valence-corrected chi connectivity index (χ2v) is 5.32. The Morgan fingerprint density at radius 3 is 2.79 bits per heavy atom. The molecule has 4 nitrogen and oxygen atoms in total. The van der Waals surface area contributed by atoms with Gasteiger partial charge in [0.15, 0.2) is 0 Å². The molecule has 108 valence electrons. The van der Waals surface area contributed by atoms with Gasteiger partial charge in [0, 0.05) is 6.54 Å². The van der Waals surface area contributed by atoms with Gasteiger partial charge in [-0.3, -0.25) is 10.7 Å². The zero-order chi connectivity index (χ0) is 14.3. The molecule has 0 aromatic carbocycles. The molecule has 1 saturated heterocycles. The minimum Gasteiger partial charge on any atom is -0.312 e. The Labute approximate surface area is 109 Å². The first-order valence-corrected chi connectivity index (χ1v) is 6.55. The predicted octanol–water partition coefficient (Wildman–Crippen LogP) is 2.89. The zero-order valence-electron chi connectivity index (χ0n) is 10.8. The molecule has 1 saturated carbocycles. The summed E-state index contributed by atoms with van der Waals surface area (Å²) in [5, 5.41) is 10.3. The van der Waals surface area contributed by atoms with E-state index in [4.69, 9.17) is 5.41 Å². The smallest absolute Gasteiger partial charge is 0.312 e. The minimum absolute atomic E-state index is 0.0695. The van der Waals surface area contributed by atoms with Gasteiger partial charge in [0.05, 0.1) is 5.92 Å². The van der Waals surface area contributed by atoms with Gasteiger partial charge in [-0.05, 0) is 25.7 Å². The van der Waals surface area contributed by atoms with Gasteiger partial charge < -0.3 is 4.90 Å². The van der Waals surface area contributed by atoms with Crippen molar-refractivity contribution < 1.29 is 18.0 Å². The second kappa shape index (κ2) is 4.68. The number of amides is 2. The Bertz CT molecular complexity index is 396. The number of hydrogen-bond acceptors (Lipinski definition) is 2. The van der Waals surface area contributed by atoms with Crippen LogP contribution in [0.15, 0.2) is 0 Å². The Morgan fingerprint density at radius 2 is 2.21 bits per heavy atom. The minimum atomic E-state index is -4.25. The van der Waals surface area contributed by atoms with E-state index >= 15 is 0 Å². The van der Waals surface area contributed by atoms with Crippen molar-refractivity contribution in [1.29, 1.82) is 5.41 Å². The number of carbonyl (C=O) groups excluding carboxylic acids is 1. The van der Waals surface area contributed by atoms with Crippen LogP contribution in [0.2, 0.25) is 0 Å². The van der Waals surface area contributed by atoms with Crippen molar-refractivity contribution in [2.45, 2.75) is 50.7 Å². The molecule has 2 atom stereocenters. The highest BCUT2D eigenvalue weighted by molar-refractivity contribution is 6.08. The van der Waals surface area contributed by atoms with Crippen molar-refractivity contribution in [1.82, 2.24) is 10.2 Å². The van der Waals surface area contributed by atoms with Crippen LogP contribution >= 0.6 is 0 Å². The van der Waals surface area contributed by atoms with E-state index < -0.39 is 23.7 Å². The van der Waals surface area contributed by atoms with Crippen LogP contribution in [0, 0.1) is 11.3 Å². The second-order valence-electron chi connectivity index (χ2n) is 5.32. The van der Waals surface area contributed by atoms with E-state index in [1.807, 2.05) is 6.92 Å². The van der Waals surface area contributed by atoms with Gasteiger partial charge >= 0.3 is 12.2 Å². The van der Waals surface area contributed by atoms with Crippen LogP contribution in [0.3, 0.4) is 0 Å². The standard InChI is InChI=1S/C12H18F3N3O/c1-2-6-18-10(19)17-9(16)11(18)5-3-4-8(7-11)12(13,14)15/h8H,2-7H2,1H3,(H2,16,17,19). The average Bonchev–Trinajstić information content (AvgIpc) is 2.54. The number of nitrogens with zero attached hydrogens (tertiary/aromatic N) is 1. The summed E-state index contributed by atoms with van der Waals surface area (Å²) in [6.07, 6.45) is -2.85. The maximum Gasteiger partial charge on any atom is 0.391 e. The van der Waals surface area contributed by atoms with Crippen LogP contribution in [0.4, 0.5) is 18.0 Å². The summed E-state index contributed by atoms with van der Waals surface area (Å²) in [6.45, 7) is 2.26. The third kappa shape index (κ3) is 2.30. The van der Waals surface area contributed by atoms with E-state index in [-0.39, 0.29) is 18.7 Å². The lowest BCUT2D eigenvalue weighted by molar-refractivity contribution is -0.188. The molecule has 0 aromatic rings. The first-order valence-electron chi connectivity index (χ1n) is 6.55. The average molecular weight is 277 g/mol. The number of nitrogens with one attached hydrogen (secondary N) is 2. The third-order valence-corrected chi connectivity index (χ3v) is 4.10. The highest BCUT2D eigenvalue weighted by Gasteiger charge is 2.56. The van der Waals surface area contributed by atoms with Crippen molar-refractivity contribution in [2.24, 2.45) is 5.92 Å². The summed E-state index contributed by atoms with van der Waals surface area (Å²) in [4.78, 5) is 13.2. The molecular formula is C12H18F3N3O. The quantitative estimate of drug-likeness (QED) is 0.801. The number of halogens is 3. The molecule has 19 heavy (non-hydrogen) atoms. The van der Waals surface area contributed by atoms with Gasteiger partial charge in [0.2, 0.25) is 0 Å². The van der Waals surface area contributed by atoms with Crippen LogP contribution in [0.25, 0.3) is 0 Å². The van der Waals surface area contributed by atoms with Crippen molar-refractivity contribution in [3.05, 3.63) is 0 Å².